The number of hydrogen-bond acceptors (Lipinski definition) is 4. The number of carbonyl (C=O) groups is 1. The van der Waals surface area contributed by atoms with Gasteiger partial charge in [0.15, 0.2) is 0 Å². The van der Waals surface area contributed by atoms with Crippen LogP contribution in [0.5, 0.6) is 0 Å². The standard InChI is InChI=1S/C15H23ClN2O4S/c1-4-5-6-9-17-23(21,22)11-7-8-13(12(16)10-11)18-14(19)15(2,3)20/h7-8,10,17,20H,4-6,9H2,1-3H3,(H,18,19). The third-order valence-corrected chi connectivity index (χ3v) is 4.90. The van der Waals surface area contributed by atoms with Crippen LogP contribution in [0.15, 0.2) is 23.1 Å². The summed E-state index contributed by atoms with van der Waals surface area (Å²) in [6.07, 6.45) is 2.72. The summed E-state index contributed by atoms with van der Waals surface area (Å²) in [6, 6.07) is 4.02. The Hall–Kier alpha value is -1.15. The quantitative estimate of drug-likeness (QED) is 0.619. The molecule has 3 N–H and O–H groups in total. The van der Waals surface area contributed by atoms with Crippen molar-refractivity contribution in [2.75, 3.05) is 11.9 Å². The summed E-state index contributed by atoms with van der Waals surface area (Å²) in [5.74, 6) is -0.632. The number of halogens is 1. The van der Waals surface area contributed by atoms with Crippen molar-refractivity contribution in [1.82, 2.24) is 4.72 Å². The second-order valence-electron chi connectivity index (χ2n) is 5.76. The van der Waals surface area contributed by atoms with E-state index < -0.39 is 21.5 Å². The summed E-state index contributed by atoms with van der Waals surface area (Å²) >= 11 is 6.02. The molecule has 0 spiro atoms. The van der Waals surface area contributed by atoms with Gasteiger partial charge in [0.05, 0.1) is 15.6 Å². The van der Waals surface area contributed by atoms with Crippen molar-refractivity contribution in [2.45, 2.75) is 50.5 Å². The van der Waals surface area contributed by atoms with E-state index in [1.807, 2.05) is 6.92 Å². The highest BCUT2D eigenvalue weighted by Gasteiger charge is 2.24. The summed E-state index contributed by atoms with van der Waals surface area (Å²) in [7, 11) is -3.63. The minimum Gasteiger partial charge on any atom is -0.381 e. The fourth-order valence-electron chi connectivity index (χ4n) is 1.70. The number of benzene rings is 1. The van der Waals surface area contributed by atoms with Crippen LogP contribution in [-0.4, -0.2) is 31.6 Å². The van der Waals surface area contributed by atoms with Crippen LogP contribution in [0.2, 0.25) is 5.02 Å². The molecule has 1 rings (SSSR count). The van der Waals surface area contributed by atoms with E-state index in [1.165, 1.54) is 32.0 Å². The Balaban J connectivity index is 2.85. The van der Waals surface area contributed by atoms with E-state index in [9.17, 15) is 18.3 Å². The van der Waals surface area contributed by atoms with E-state index in [0.717, 1.165) is 19.3 Å². The average Bonchev–Trinajstić information content (AvgIpc) is 2.44. The smallest absolute Gasteiger partial charge is 0.255 e. The second kappa shape index (κ2) is 8.10. The zero-order valence-electron chi connectivity index (χ0n) is 13.5. The Morgan fingerprint density at radius 2 is 1.96 bits per heavy atom. The molecule has 8 heteroatoms. The average molecular weight is 363 g/mol. The topological polar surface area (TPSA) is 95.5 Å². The Labute approximate surface area is 142 Å². The molecule has 0 aliphatic rings. The van der Waals surface area contributed by atoms with Gasteiger partial charge in [-0.05, 0) is 38.5 Å². The number of anilines is 1. The Kier molecular flexibility index (Phi) is 7.01. The lowest BCUT2D eigenvalue weighted by Gasteiger charge is -2.17. The molecule has 0 aliphatic carbocycles. The van der Waals surface area contributed by atoms with Crippen LogP contribution < -0.4 is 10.0 Å². The van der Waals surface area contributed by atoms with Crippen molar-refractivity contribution >= 4 is 33.2 Å². The zero-order valence-corrected chi connectivity index (χ0v) is 15.1. The van der Waals surface area contributed by atoms with Gasteiger partial charge in [-0.3, -0.25) is 4.79 Å². The molecular weight excluding hydrogens is 340 g/mol. The summed E-state index contributed by atoms with van der Waals surface area (Å²) < 4.78 is 26.8. The molecule has 6 nitrogen and oxygen atoms in total. The normalized spacial score (nSPS) is 12.2. The van der Waals surface area contributed by atoms with Gasteiger partial charge in [-0.15, -0.1) is 0 Å². The summed E-state index contributed by atoms with van der Waals surface area (Å²) in [4.78, 5) is 11.7. The Bertz CT molecular complexity index is 654. The van der Waals surface area contributed by atoms with Gasteiger partial charge in [-0.25, -0.2) is 13.1 Å². The zero-order chi connectivity index (χ0) is 17.7. The van der Waals surface area contributed by atoms with Crippen LogP contribution in [-0.2, 0) is 14.8 Å². The maximum absolute atomic E-state index is 12.1. The molecule has 0 unspecified atom stereocenters. The first kappa shape index (κ1) is 19.9. The SMILES string of the molecule is CCCCCNS(=O)(=O)c1ccc(NC(=O)C(C)(C)O)c(Cl)c1. The summed E-state index contributed by atoms with van der Waals surface area (Å²) in [6.45, 7) is 5.09. The maximum Gasteiger partial charge on any atom is 0.255 e. The largest absolute Gasteiger partial charge is 0.381 e. The lowest BCUT2D eigenvalue weighted by Crippen LogP contribution is -2.36. The van der Waals surface area contributed by atoms with Crippen LogP contribution in [0.25, 0.3) is 0 Å². The fraction of sp³-hybridized carbons (Fsp3) is 0.533. The van der Waals surface area contributed by atoms with Crippen molar-refractivity contribution in [1.29, 1.82) is 0 Å². The molecule has 1 aromatic carbocycles. The molecule has 0 aliphatic heterocycles. The first-order chi connectivity index (χ1) is 10.6. The summed E-state index contributed by atoms with van der Waals surface area (Å²) in [5.41, 5.74) is -1.32. The van der Waals surface area contributed by atoms with Gasteiger partial charge in [-0.2, -0.15) is 0 Å². The number of rotatable bonds is 8. The molecule has 130 valence electrons. The van der Waals surface area contributed by atoms with Gasteiger partial charge >= 0.3 is 0 Å². The highest BCUT2D eigenvalue weighted by molar-refractivity contribution is 7.89. The first-order valence-corrected chi connectivity index (χ1v) is 9.27. The first-order valence-electron chi connectivity index (χ1n) is 7.41. The molecule has 0 bridgehead atoms. The molecule has 0 radical (unpaired) electrons. The van der Waals surface area contributed by atoms with Crippen LogP contribution in [0.4, 0.5) is 5.69 Å². The summed E-state index contributed by atoms with van der Waals surface area (Å²) in [5, 5.41) is 12.1. The Morgan fingerprint density at radius 3 is 2.48 bits per heavy atom. The fourth-order valence-corrected chi connectivity index (χ4v) is 3.10. The number of sulfonamides is 1. The molecule has 0 atom stereocenters. The second-order valence-corrected chi connectivity index (χ2v) is 7.93. The van der Waals surface area contributed by atoms with Crippen molar-refractivity contribution in [3.63, 3.8) is 0 Å². The third kappa shape index (κ3) is 6.10. The molecule has 0 fully saturated rings. The van der Waals surface area contributed by atoms with Gasteiger partial charge in [-0.1, -0.05) is 31.4 Å². The van der Waals surface area contributed by atoms with Crippen LogP contribution >= 0.6 is 11.6 Å². The predicted octanol–water partition coefficient (Wildman–Crippen LogP) is 2.52. The van der Waals surface area contributed by atoms with Crippen molar-refractivity contribution in [3.8, 4) is 0 Å². The predicted molar refractivity (Wildman–Crippen MR) is 91.1 cm³/mol. The third-order valence-electron chi connectivity index (χ3n) is 3.13. The van der Waals surface area contributed by atoms with Crippen LogP contribution in [0, 0.1) is 0 Å². The van der Waals surface area contributed by atoms with E-state index in [0.29, 0.717) is 6.54 Å². The highest BCUT2D eigenvalue weighted by atomic mass is 35.5. The number of amides is 1. The van der Waals surface area contributed by atoms with Crippen LogP contribution in [0.1, 0.15) is 40.0 Å². The lowest BCUT2D eigenvalue weighted by molar-refractivity contribution is -0.130. The molecule has 1 aromatic rings. The molecular formula is C15H23ClN2O4S. The molecule has 1 amide bonds. The minimum absolute atomic E-state index is 0.0280. The monoisotopic (exact) mass is 362 g/mol. The molecule has 0 saturated carbocycles. The maximum atomic E-state index is 12.1. The number of nitrogens with one attached hydrogen (secondary N) is 2. The molecule has 23 heavy (non-hydrogen) atoms. The van der Waals surface area contributed by atoms with E-state index in [1.54, 1.807) is 0 Å². The Morgan fingerprint density at radius 1 is 1.30 bits per heavy atom. The van der Waals surface area contributed by atoms with Gasteiger partial charge in [0.2, 0.25) is 10.0 Å². The number of aliphatic hydroxyl groups is 1. The molecule has 0 saturated heterocycles. The van der Waals surface area contributed by atoms with Crippen molar-refractivity contribution < 1.29 is 18.3 Å². The van der Waals surface area contributed by atoms with E-state index in [4.69, 9.17) is 11.6 Å². The number of hydrogen-bond donors (Lipinski definition) is 3. The van der Waals surface area contributed by atoms with E-state index >= 15 is 0 Å². The lowest BCUT2D eigenvalue weighted by atomic mass is 10.1. The van der Waals surface area contributed by atoms with Gasteiger partial charge in [0.1, 0.15) is 5.60 Å². The van der Waals surface area contributed by atoms with Crippen molar-refractivity contribution in [2.24, 2.45) is 0 Å². The molecule has 0 aromatic heterocycles. The van der Waals surface area contributed by atoms with E-state index in [-0.39, 0.29) is 15.6 Å². The van der Waals surface area contributed by atoms with Gasteiger partial charge < -0.3 is 10.4 Å². The number of carbonyl (C=O) groups excluding carboxylic acids is 1. The van der Waals surface area contributed by atoms with Crippen LogP contribution in [0.3, 0.4) is 0 Å². The van der Waals surface area contributed by atoms with Gasteiger partial charge in [0.25, 0.3) is 5.91 Å². The van der Waals surface area contributed by atoms with E-state index in [2.05, 4.69) is 10.0 Å². The van der Waals surface area contributed by atoms with Crippen molar-refractivity contribution in [3.05, 3.63) is 23.2 Å². The molecule has 0 heterocycles. The minimum atomic E-state index is -3.63. The van der Waals surface area contributed by atoms with Gasteiger partial charge in [0, 0.05) is 6.54 Å². The highest BCUT2D eigenvalue weighted by Crippen LogP contribution is 2.26. The number of unbranched alkanes of at least 4 members (excludes halogenated alkanes) is 2.